The fraction of sp³-hybridized carbons (Fsp3) is 0.278. The van der Waals surface area contributed by atoms with E-state index in [9.17, 15) is 0 Å². The van der Waals surface area contributed by atoms with Crippen molar-refractivity contribution < 1.29 is 9.47 Å². The van der Waals surface area contributed by atoms with Crippen LogP contribution in [-0.4, -0.2) is 14.2 Å². The van der Waals surface area contributed by atoms with Crippen molar-refractivity contribution in [3.8, 4) is 17.6 Å². The van der Waals surface area contributed by atoms with Gasteiger partial charge in [0.25, 0.3) is 0 Å². The van der Waals surface area contributed by atoms with Crippen molar-refractivity contribution in [2.75, 3.05) is 14.2 Å². The van der Waals surface area contributed by atoms with Crippen LogP contribution < -0.4 is 9.47 Å². The molecule has 2 aromatic rings. The first-order valence-electron chi connectivity index (χ1n) is 6.90. The van der Waals surface area contributed by atoms with Crippen LogP contribution in [0.25, 0.3) is 0 Å². The highest BCUT2D eigenvalue weighted by Crippen LogP contribution is 2.26. The summed E-state index contributed by atoms with van der Waals surface area (Å²) in [5.41, 5.74) is 2.36. The molecule has 0 aromatic heterocycles. The van der Waals surface area contributed by atoms with Crippen LogP contribution in [-0.2, 0) is 6.42 Å². The molecule has 21 heavy (non-hydrogen) atoms. The number of hydrogen-bond acceptors (Lipinski definition) is 3. The number of nitriles is 1. The molecule has 0 unspecified atom stereocenters. The number of rotatable bonds is 6. The molecule has 3 heteroatoms. The molecule has 0 fully saturated rings. The number of nitrogens with zero attached hydrogens (tertiary/aromatic N) is 1. The van der Waals surface area contributed by atoms with Gasteiger partial charge in [0.15, 0.2) is 0 Å². The minimum Gasteiger partial charge on any atom is -0.497 e. The number of methoxy groups -OCH3 is 2. The van der Waals surface area contributed by atoms with Crippen molar-refractivity contribution >= 4 is 0 Å². The Morgan fingerprint density at radius 1 is 0.905 bits per heavy atom. The van der Waals surface area contributed by atoms with Gasteiger partial charge in [0.2, 0.25) is 0 Å². The molecule has 2 aromatic carbocycles. The van der Waals surface area contributed by atoms with Gasteiger partial charge in [-0.25, -0.2) is 0 Å². The molecular formula is C18H19NO2. The minimum atomic E-state index is 0.189. The van der Waals surface area contributed by atoms with Crippen molar-refractivity contribution in [2.24, 2.45) is 0 Å². The Labute approximate surface area is 125 Å². The van der Waals surface area contributed by atoms with Crippen LogP contribution in [0.3, 0.4) is 0 Å². The third kappa shape index (κ3) is 4.00. The van der Waals surface area contributed by atoms with E-state index >= 15 is 0 Å². The third-order valence-electron chi connectivity index (χ3n) is 3.57. The lowest BCUT2D eigenvalue weighted by Crippen LogP contribution is -2.02. The van der Waals surface area contributed by atoms with Crippen LogP contribution in [0, 0.1) is 11.3 Å². The molecule has 0 aliphatic rings. The molecule has 0 saturated heterocycles. The van der Waals surface area contributed by atoms with Crippen LogP contribution in [0.4, 0.5) is 0 Å². The number of hydrogen-bond donors (Lipinski definition) is 0. The van der Waals surface area contributed by atoms with Gasteiger partial charge in [0.1, 0.15) is 11.5 Å². The van der Waals surface area contributed by atoms with Crippen LogP contribution >= 0.6 is 0 Å². The summed E-state index contributed by atoms with van der Waals surface area (Å²) in [6.45, 7) is 0. The van der Waals surface area contributed by atoms with Gasteiger partial charge in [-0.2, -0.15) is 5.26 Å². The van der Waals surface area contributed by atoms with Crippen molar-refractivity contribution in [3.05, 3.63) is 59.7 Å². The van der Waals surface area contributed by atoms with Crippen molar-refractivity contribution in [3.63, 3.8) is 0 Å². The second-order valence-corrected chi connectivity index (χ2v) is 4.88. The van der Waals surface area contributed by atoms with Crippen LogP contribution in [0.5, 0.6) is 11.5 Å². The lowest BCUT2D eigenvalue weighted by molar-refractivity contribution is 0.414. The Balaban J connectivity index is 2.15. The SMILES string of the molecule is COc1ccc(C[C@@H](CC#N)c2ccc(OC)cc2)cc1. The van der Waals surface area contributed by atoms with Crippen molar-refractivity contribution in [1.82, 2.24) is 0 Å². The summed E-state index contributed by atoms with van der Waals surface area (Å²) >= 11 is 0. The normalized spacial score (nSPS) is 11.5. The first-order chi connectivity index (χ1) is 10.3. The lowest BCUT2D eigenvalue weighted by Gasteiger charge is -2.15. The summed E-state index contributed by atoms with van der Waals surface area (Å²) in [5.74, 6) is 1.87. The summed E-state index contributed by atoms with van der Waals surface area (Å²) in [6, 6.07) is 18.2. The maximum atomic E-state index is 9.06. The van der Waals surface area contributed by atoms with E-state index in [0.29, 0.717) is 6.42 Å². The van der Waals surface area contributed by atoms with Gasteiger partial charge in [0, 0.05) is 12.3 Å². The maximum Gasteiger partial charge on any atom is 0.118 e. The van der Waals surface area contributed by atoms with Gasteiger partial charge in [-0.3, -0.25) is 0 Å². The molecule has 3 nitrogen and oxygen atoms in total. The average Bonchev–Trinajstić information content (AvgIpc) is 2.55. The smallest absolute Gasteiger partial charge is 0.118 e. The standard InChI is InChI=1S/C18H19NO2/c1-20-17-7-3-14(4-8-17)13-16(11-12-19)15-5-9-18(21-2)10-6-15/h3-10,16H,11,13H2,1-2H3/t16-/m1/s1. The molecule has 1 atom stereocenters. The van der Waals surface area contributed by atoms with Gasteiger partial charge < -0.3 is 9.47 Å². The number of benzene rings is 2. The van der Waals surface area contributed by atoms with E-state index in [-0.39, 0.29) is 5.92 Å². The van der Waals surface area contributed by atoms with Gasteiger partial charge in [-0.15, -0.1) is 0 Å². The summed E-state index contributed by atoms with van der Waals surface area (Å²) in [5, 5.41) is 9.06. The predicted molar refractivity (Wildman–Crippen MR) is 82.7 cm³/mol. The molecule has 0 radical (unpaired) electrons. The van der Waals surface area contributed by atoms with Crippen LogP contribution in [0.15, 0.2) is 48.5 Å². The van der Waals surface area contributed by atoms with E-state index in [1.165, 1.54) is 5.56 Å². The largest absolute Gasteiger partial charge is 0.497 e. The molecular weight excluding hydrogens is 262 g/mol. The zero-order valence-electron chi connectivity index (χ0n) is 12.4. The minimum absolute atomic E-state index is 0.189. The van der Waals surface area contributed by atoms with Gasteiger partial charge >= 0.3 is 0 Å². The van der Waals surface area contributed by atoms with E-state index in [0.717, 1.165) is 23.5 Å². The Kier molecular flexibility index (Phi) is 5.22. The summed E-state index contributed by atoms with van der Waals surface area (Å²) in [7, 11) is 3.31. The van der Waals surface area contributed by atoms with Crippen molar-refractivity contribution in [2.45, 2.75) is 18.8 Å². The third-order valence-corrected chi connectivity index (χ3v) is 3.57. The van der Waals surface area contributed by atoms with E-state index in [2.05, 4.69) is 6.07 Å². The molecule has 0 aliphatic heterocycles. The van der Waals surface area contributed by atoms with Crippen LogP contribution in [0.1, 0.15) is 23.5 Å². The van der Waals surface area contributed by atoms with Crippen LogP contribution in [0.2, 0.25) is 0 Å². The lowest BCUT2D eigenvalue weighted by atomic mass is 9.90. The highest BCUT2D eigenvalue weighted by molar-refractivity contribution is 5.33. The zero-order chi connectivity index (χ0) is 15.1. The first kappa shape index (κ1) is 14.9. The molecule has 108 valence electrons. The second kappa shape index (κ2) is 7.35. The van der Waals surface area contributed by atoms with E-state index < -0.39 is 0 Å². The Hall–Kier alpha value is -2.47. The molecule has 0 spiro atoms. The zero-order valence-corrected chi connectivity index (χ0v) is 12.4. The summed E-state index contributed by atoms with van der Waals surface area (Å²) < 4.78 is 10.3. The Morgan fingerprint density at radius 3 is 1.90 bits per heavy atom. The predicted octanol–water partition coefficient (Wildman–Crippen LogP) is 3.94. The number of ether oxygens (including phenoxy) is 2. The quantitative estimate of drug-likeness (QED) is 0.805. The fourth-order valence-corrected chi connectivity index (χ4v) is 2.34. The fourth-order valence-electron chi connectivity index (χ4n) is 2.34. The van der Waals surface area contributed by atoms with Gasteiger partial charge in [-0.05, 0) is 41.8 Å². The summed E-state index contributed by atoms with van der Waals surface area (Å²) in [6.07, 6.45) is 1.34. The maximum absolute atomic E-state index is 9.06. The van der Waals surface area contributed by atoms with Gasteiger partial charge in [0.05, 0.1) is 20.3 Å². The molecule has 0 aliphatic carbocycles. The Morgan fingerprint density at radius 2 is 1.43 bits per heavy atom. The second-order valence-electron chi connectivity index (χ2n) is 4.88. The molecule has 0 saturated carbocycles. The van der Waals surface area contributed by atoms with Crippen molar-refractivity contribution in [1.29, 1.82) is 5.26 Å². The van der Waals surface area contributed by atoms with E-state index in [4.69, 9.17) is 14.7 Å². The highest BCUT2D eigenvalue weighted by Gasteiger charge is 2.12. The summed E-state index contributed by atoms with van der Waals surface area (Å²) in [4.78, 5) is 0. The van der Waals surface area contributed by atoms with Gasteiger partial charge in [-0.1, -0.05) is 24.3 Å². The average molecular weight is 281 g/mol. The monoisotopic (exact) mass is 281 g/mol. The topological polar surface area (TPSA) is 42.2 Å². The Bertz CT molecular complexity index is 597. The molecule has 0 amide bonds. The molecule has 0 heterocycles. The molecule has 0 N–H and O–H groups in total. The molecule has 0 bridgehead atoms. The van der Waals surface area contributed by atoms with E-state index in [1.807, 2.05) is 48.5 Å². The first-order valence-corrected chi connectivity index (χ1v) is 6.90. The van der Waals surface area contributed by atoms with E-state index in [1.54, 1.807) is 14.2 Å². The molecule has 2 rings (SSSR count). The highest BCUT2D eigenvalue weighted by atomic mass is 16.5.